The third-order valence-electron chi connectivity index (χ3n) is 2.01. The van der Waals surface area contributed by atoms with Crippen molar-refractivity contribution in [3.63, 3.8) is 0 Å². The lowest BCUT2D eigenvalue weighted by molar-refractivity contribution is -0.114. The minimum atomic E-state index is -0.0885. The standard InChI is InChI=1S/C12H16N4OS/c1-9(17)14-11-6-4-10(5-7-11)8-13-15-12(18)16(2)3/h4-8H,1-3H3,(H,14,17)(H,15,18)/b13-8+. The maximum atomic E-state index is 10.8. The number of amides is 1. The Morgan fingerprint density at radius 2 is 1.94 bits per heavy atom. The predicted octanol–water partition coefficient (Wildman–Crippen LogP) is 1.41. The first-order chi connectivity index (χ1) is 8.49. The van der Waals surface area contributed by atoms with E-state index in [0.29, 0.717) is 5.11 Å². The Morgan fingerprint density at radius 3 is 2.44 bits per heavy atom. The molecule has 5 nitrogen and oxygen atoms in total. The molecule has 0 heterocycles. The summed E-state index contributed by atoms with van der Waals surface area (Å²) in [6.45, 7) is 1.47. The number of benzene rings is 1. The summed E-state index contributed by atoms with van der Waals surface area (Å²) in [5.41, 5.74) is 4.41. The van der Waals surface area contributed by atoms with Crippen LogP contribution in [-0.4, -0.2) is 36.2 Å². The number of carbonyl (C=O) groups excluding carboxylic acids is 1. The molecule has 1 amide bonds. The van der Waals surface area contributed by atoms with E-state index in [0.717, 1.165) is 11.3 Å². The van der Waals surface area contributed by atoms with Gasteiger partial charge in [0, 0.05) is 26.7 Å². The summed E-state index contributed by atoms with van der Waals surface area (Å²) in [6, 6.07) is 7.34. The van der Waals surface area contributed by atoms with Gasteiger partial charge < -0.3 is 10.2 Å². The second kappa shape index (κ2) is 6.70. The van der Waals surface area contributed by atoms with Crippen LogP contribution < -0.4 is 10.7 Å². The third kappa shape index (κ3) is 4.92. The Kier molecular flexibility index (Phi) is 5.26. The molecular formula is C12H16N4OS. The van der Waals surface area contributed by atoms with E-state index in [1.54, 1.807) is 11.1 Å². The molecule has 0 aliphatic rings. The van der Waals surface area contributed by atoms with Gasteiger partial charge in [0.15, 0.2) is 5.11 Å². The molecule has 0 unspecified atom stereocenters. The fraction of sp³-hybridized carbons (Fsp3) is 0.250. The van der Waals surface area contributed by atoms with Gasteiger partial charge in [0.05, 0.1) is 6.21 Å². The number of carbonyl (C=O) groups is 1. The van der Waals surface area contributed by atoms with Crippen LogP contribution in [-0.2, 0) is 4.79 Å². The van der Waals surface area contributed by atoms with E-state index < -0.39 is 0 Å². The zero-order valence-corrected chi connectivity index (χ0v) is 11.4. The zero-order chi connectivity index (χ0) is 13.5. The molecule has 0 aliphatic heterocycles. The largest absolute Gasteiger partial charge is 0.354 e. The highest BCUT2D eigenvalue weighted by Gasteiger charge is 1.96. The average Bonchev–Trinajstić information content (AvgIpc) is 2.30. The van der Waals surface area contributed by atoms with Gasteiger partial charge in [0.1, 0.15) is 0 Å². The van der Waals surface area contributed by atoms with Crippen molar-refractivity contribution < 1.29 is 4.79 Å². The molecule has 0 atom stereocenters. The fourth-order valence-corrected chi connectivity index (χ4v) is 1.17. The van der Waals surface area contributed by atoms with Crippen LogP contribution >= 0.6 is 12.2 Å². The maximum absolute atomic E-state index is 10.8. The van der Waals surface area contributed by atoms with Gasteiger partial charge in [-0.3, -0.25) is 10.2 Å². The Labute approximate surface area is 112 Å². The Bertz CT molecular complexity index is 454. The Morgan fingerprint density at radius 1 is 1.33 bits per heavy atom. The average molecular weight is 264 g/mol. The summed E-state index contributed by atoms with van der Waals surface area (Å²) in [6.07, 6.45) is 1.66. The monoisotopic (exact) mass is 264 g/mol. The van der Waals surface area contributed by atoms with E-state index in [-0.39, 0.29) is 5.91 Å². The molecular weight excluding hydrogens is 248 g/mol. The maximum Gasteiger partial charge on any atom is 0.221 e. The van der Waals surface area contributed by atoms with Crippen LogP contribution in [0, 0.1) is 0 Å². The van der Waals surface area contributed by atoms with Gasteiger partial charge in [-0.25, -0.2) is 0 Å². The molecule has 0 radical (unpaired) electrons. The number of rotatable bonds is 3. The number of hydrogen-bond donors (Lipinski definition) is 2. The van der Waals surface area contributed by atoms with Gasteiger partial charge in [-0.05, 0) is 29.9 Å². The first-order valence-corrected chi connectivity index (χ1v) is 5.78. The molecule has 0 fully saturated rings. The van der Waals surface area contributed by atoms with E-state index in [1.807, 2.05) is 38.4 Å². The minimum Gasteiger partial charge on any atom is -0.354 e. The summed E-state index contributed by atoms with van der Waals surface area (Å²) < 4.78 is 0. The Hall–Kier alpha value is -1.95. The predicted molar refractivity (Wildman–Crippen MR) is 77.8 cm³/mol. The van der Waals surface area contributed by atoms with Crippen molar-refractivity contribution in [1.29, 1.82) is 0 Å². The quantitative estimate of drug-likeness (QED) is 0.492. The summed E-state index contributed by atoms with van der Waals surface area (Å²) in [4.78, 5) is 12.6. The topological polar surface area (TPSA) is 56.7 Å². The molecule has 1 aromatic rings. The van der Waals surface area contributed by atoms with Crippen LogP contribution in [0.2, 0.25) is 0 Å². The van der Waals surface area contributed by atoms with Crippen molar-refractivity contribution in [2.75, 3.05) is 19.4 Å². The summed E-state index contributed by atoms with van der Waals surface area (Å²) >= 11 is 5.02. The Balaban J connectivity index is 2.55. The molecule has 2 N–H and O–H groups in total. The molecule has 6 heteroatoms. The van der Waals surface area contributed by atoms with E-state index in [2.05, 4.69) is 15.8 Å². The fourth-order valence-electron chi connectivity index (χ4n) is 1.12. The van der Waals surface area contributed by atoms with Crippen molar-refractivity contribution in [2.45, 2.75) is 6.92 Å². The van der Waals surface area contributed by atoms with Gasteiger partial charge in [-0.2, -0.15) is 5.10 Å². The first kappa shape index (κ1) is 14.1. The second-order valence-corrected chi connectivity index (χ2v) is 4.26. The molecule has 0 saturated heterocycles. The van der Waals surface area contributed by atoms with Crippen LogP contribution in [0.5, 0.6) is 0 Å². The van der Waals surface area contributed by atoms with Crippen molar-refractivity contribution in [2.24, 2.45) is 5.10 Å². The van der Waals surface area contributed by atoms with Crippen LogP contribution in [0.3, 0.4) is 0 Å². The summed E-state index contributed by atoms with van der Waals surface area (Å²) in [5.74, 6) is -0.0885. The van der Waals surface area contributed by atoms with E-state index in [4.69, 9.17) is 12.2 Å². The highest BCUT2D eigenvalue weighted by Crippen LogP contribution is 2.07. The lowest BCUT2D eigenvalue weighted by atomic mass is 10.2. The molecule has 18 heavy (non-hydrogen) atoms. The number of nitrogens with zero attached hydrogens (tertiary/aromatic N) is 2. The number of thiocarbonyl (C=S) groups is 1. The highest BCUT2D eigenvalue weighted by atomic mass is 32.1. The van der Waals surface area contributed by atoms with Crippen LogP contribution in [0.4, 0.5) is 5.69 Å². The first-order valence-electron chi connectivity index (χ1n) is 5.37. The van der Waals surface area contributed by atoms with Crippen LogP contribution in [0.25, 0.3) is 0 Å². The van der Waals surface area contributed by atoms with Crippen molar-refractivity contribution in [3.8, 4) is 0 Å². The number of hydrazone groups is 1. The van der Waals surface area contributed by atoms with Gasteiger partial charge in [-0.1, -0.05) is 12.1 Å². The number of nitrogens with one attached hydrogen (secondary N) is 2. The minimum absolute atomic E-state index is 0.0885. The number of hydrogen-bond acceptors (Lipinski definition) is 3. The molecule has 1 aromatic carbocycles. The molecule has 0 aromatic heterocycles. The van der Waals surface area contributed by atoms with Crippen molar-refractivity contribution in [1.82, 2.24) is 10.3 Å². The molecule has 0 aliphatic carbocycles. The zero-order valence-electron chi connectivity index (χ0n) is 10.6. The SMILES string of the molecule is CC(=O)Nc1ccc(/C=N/NC(=S)N(C)C)cc1. The van der Waals surface area contributed by atoms with E-state index >= 15 is 0 Å². The number of anilines is 1. The third-order valence-corrected chi connectivity index (χ3v) is 2.47. The lowest BCUT2D eigenvalue weighted by Crippen LogP contribution is -2.30. The van der Waals surface area contributed by atoms with Gasteiger partial charge >= 0.3 is 0 Å². The van der Waals surface area contributed by atoms with E-state index in [1.165, 1.54) is 6.92 Å². The molecule has 0 bridgehead atoms. The summed E-state index contributed by atoms with van der Waals surface area (Å²) in [7, 11) is 3.68. The second-order valence-electron chi connectivity index (χ2n) is 3.87. The molecule has 0 spiro atoms. The van der Waals surface area contributed by atoms with Gasteiger partial charge in [0.25, 0.3) is 0 Å². The molecule has 0 saturated carbocycles. The van der Waals surface area contributed by atoms with Crippen LogP contribution in [0.15, 0.2) is 29.4 Å². The lowest BCUT2D eigenvalue weighted by Gasteiger charge is -2.11. The summed E-state index contributed by atoms with van der Waals surface area (Å²) in [5, 5.41) is 7.25. The van der Waals surface area contributed by atoms with E-state index in [9.17, 15) is 4.79 Å². The van der Waals surface area contributed by atoms with Crippen molar-refractivity contribution >= 4 is 35.1 Å². The van der Waals surface area contributed by atoms with Crippen molar-refractivity contribution in [3.05, 3.63) is 29.8 Å². The van der Waals surface area contributed by atoms with Crippen LogP contribution in [0.1, 0.15) is 12.5 Å². The van der Waals surface area contributed by atoms with Gasteiger partial charge in [0.2, 0.25) is 5.91 Å². The molecule has 96 valence electrons. The highest BCUT2D eigenvalue weighted by molar-refractivity contribution is 7.80. The van der Waals surface area contributed by atoms with Gasteiger partial charge in [-0.15, -0.1) is 0 Å². The normalized spacial score (nSPS) is 10.2. The molecule has 1 rings (SSSR count). The smallest absolute Gasteiger partial charge is 0.221 e.